The van der Waals surface area contributed by atoms with E-state index < -0.39 is 5.97 Å². The van der Waals surface area contributed by atoms with Gasteiger partial charge in [-0.3, -0.25) is 9.59 Å². The second-order valence-electron chi connectivity index (χ2n) is 8.02. The molecule has 5 nitrogen and oxygen atoms in total. The molecule has 0 radical (unpaired) electrons. The number of amides is 1. The number of hydrogen-bond acceptors (Lipinski definition) is 2. The van der Waals surface area contributed by atoms with Gasteiger partial charge in [0, 0.05) is 36.1 Å². The van der Waals surface area contributed by atoms with Crippen molar-refractivity contribution in [3.05, 3.63) is 70.9 Å². The van der Waals surface area contributed by atoms with E-state index in [0.717, 1.165) is 11.3 Å². The summed E-state index contributed by atoms with van der Waals surface area (Å²) in [6.45, 7) is 1.70. The number of halogens is 2. The number of aromatic nitrogens is 1. The smallest absolute Gasteiger partial charge is 0.323 e. The molecule has 3 aromatic rings. The van der Waals surface area contributed by atoms with Gasteiger partial charge in [0.1, 0.15) is 18.2 Å². The van der Waals surface area contributed by atoms with Crippen molar-refractivity contribution in [3.8, 4) is 0 Å². The molecule has 7 heteroatoms. The Balaban J connectivity index is 1.64. The van der Waals surface area contributed by atoms with E-state index >= 15 is 0 Å². The summed E-state index contributed by atoms with van der Waals surface area (Å²) < 4.78 is 29.7. The van der Waals surface area contributed by atoms with E-state index in [2.05, 4.69) is 0 Å². The standard InChI is InChI=1S/C24H24F2N2O3/c1-15(29)27(11-10-16-4-2-3-5-21(16)26)18-7-9-23-20(13-18)19-12-17(25)6-8-22(19)28(23)14-24(30)31/h2-6,8,12,18H,7,9-11,13-14H2,1H3,(H,30,31)/t18-/m0/s1. The number of carbonyl (C=O) groups excluding carboxylic acids is 1. The molecule has 1 atom stereocenters. The average molecular weight is 426 g/mol. The zero-order chi connectivity index (χ0) is 22.1. The largest absolute Gasteiger partial charge is 0.480 e. The lowest BCUT2D eigenvalue weighted by molar-refractivity contribution is -0.137. The molecule has 0 fully saturated rings. The van der Waals surface area contributed by atoms with E-state index in [1.165, 1.54) is 25.1 Å². The lowest BCUT2D eigenvalue weighted by Gasteiger charge is -2.34. The highest BCUT2D eigenvalue weighted by Gasteiger charge is 2.30. The number of carboxylic acids is 1. The maximum absolute atomic E-state index is 14.0. The van der Waals surface area contributed by atoms with Gasteiger partial charge in [-0.1, -0.05) is 18.2 Å². The van der Waals surface area contributed by atoms with Crippen LogP contribution in [0.25, 0.3) is 10.9 Å². The van der Waals surface area contributed by atoms with Crippen molar-refractivity contribution in [2.75, 3.05) is 6.54 Å². The van der Waals surface area contributed by atoms with E-state index in [4.69, 9.17) is 0 Å². The third kappa shape index (κ3) is 4.17. The van der Waals surface area contributed by atoms with Gasteiger partial charge in [-0.15, -0.1) is 0 Å². The molecule has 1 N–H and O–H groups in total. The molecule has 1 heterocycles. The van der Waals surface area contributed by atoms with Gasteiger partial charge in [-0.05, 0) is 61.1 Å². The molecule has 0 bridgehead atoms. The molecule has 1 aliphatic rings. The zero-order valence-corrected chi connectivity index (χ0v) is 17.3. The Morgan fingerprint density at radius 3 is 2.68 bits per heavy atom. The normalized spacial score (nSPS) is 15.6. The SMILES string of the molecule is CC(=O)N(CCc1ccccc1F)[C@H]1CCc2c(c3cc(F)ccc3n2CC(=O)O)C1. The lowest BCUT2D eigenvalue weighted by Crippen LogP contribution is -2.43. The molecule has 4 rings (SSSR count). The van der Waals surface area contributed by atoms with Crippen LogP contribution in [0.15, 0.2) is 42.5 Å². The number of carboxylic acid groups (broad SMARTS) is 1. The monoisotopic (exact) mass is 426 g/mol. The summed E-state index contributed by atoms with van der Waals surface area (Å²) in [5, 5.41) is 10.0. The van der Waals surface area contributed by atoms with Gasteiger partial charge in [0.05, 0.1) is 0 Å². The molecule has 0 unspecified atom stereocenters. The van der Waals surface area contributed by atoms with Crippen LogP contribution in [0.5, 0.6) is 0 Å². The van der Waals surface area contributed by atoms with Crippen molar-refractivity contribution >= 4 is 22.8 Å². The van der Waals surface area contributed by atoms with E-state index in [1.807, 2.05) is 0 Å². The van der Waals surface area contributed by atoms with Crippen LogP contribution in [0.4, 0.5) is 8.78 Å². The summed E-state index contributed by atoms with van der Waals surface area (Å²) in [6.07, 6.45) is 2.18. The quantitative estimate of drug-likeness (QED) is 0.649. The first-order valence-corrected chi connectivity index (χ1v) is 10.4. The molecule has 1 aliphatic carbocycles. The maximum atomic E-state index is 14.0. The van der Waals surface area contributed by atoms with Gasteiger partial charge in [0.25, 0.3) is 0 Å². The predicted molar refractivity (Wildman–Crippen MR) is 113 cm³/mol. The second-order valence-corrected chi connectivity index (χ2v) is 8.02. The minimum absolute atomic E-state index is 0.0924. The average Bonchev–Trinajstić information content (AvgIpc) is 3.01. The first kappa shape index (κ1) is 21.0. The number of nitrogens with zero attached hydrogens (tertiary/aromatic N) is 2. The third-order valence-electron chi connectivity index (χ3n) is 6.12. The van der Waals surface area contributed by atoms with Gasteiger partial charge in [-0.25, -0.2) is 8.78 Å². The van der Waals surface area contributed by atoms with Gasteiger partial charge in [0.15, 0.2) is 0 Å². The number of rotatable bonds is 6. The molecule has 2 aromatic carbocycles. The predicted octanol–water partition coefficient (Wildman–Crippen LogP) is 3.95. The van der Waals surface area contributed by atoms with Crippen LogP contribution in [-0.2, 0) is 35.4 Å². The maximum Gasteiger partial charge on any atom is 0.323 e. The van der Waals surface area contributed by atoms with E-state index in [1.54, 1.807) is 33.7 Å². The Labute approximate surface area is 178 Å². The number of aliphatic carboxylic acids is 1. The Morgan fingerprint density at radius 1 is 1.19 bits per heavy atom. The highest BCUT2D eigenvalue weighted by molar-refractivity contribution is 5.87. The Hall–Kier alpha value is -3.22. The minimum Gasteiger partial charge on any atom is -0.480 e. The van der Waals surface area contributed by atoms with Crippen molar-refractivity contribution in [3.63, 3.8) is 0 Å². The summed E-state index contributed by atoms with van der Waals surface area (Å²) in [5.74, 6) is -1.72. The Morgan fingerprint density at radius 2 is 1.97 bits per heavy atom. The summed E-state index contributed by atoms with van der Waals surface area (Å²) in [6, 6.07) is 10.8. The minimum atomic E-state index is -0.957. The second kappa shape index (κ2) is 8.49. The van der Waals surface area contributed by atoms with E-state index in [9.17, 15) is 23.5 Å². The molecular weight excluding hydrogens is 402 g/mol. The third-order valence-corrected chi connectivity index (χ3v) is 6.12. The highest BCUT2D eigenvalue weighted by atomic mass is 19.1. The van der Waals surface area contributed by atoms with Crippen LogP contribution in [0.3, 0.4) is 0 Å². The molecule has 0 saturated heterocycles. The van der Waals surface area contributed by atoms with Crippen molar-refractivity contribution in [2.45, 2.75) is 45.2 Å². The molecule has 0 spiro atoms. The molecule has 162 valence electrons. The number of hydrogen-bond donors (Lipinski definition) is 1. The molecule has 1 amide bonds. The van der Waals surface area contributed by atoms with Crippen molar-refractivity contribution < 1.29 is 23.5 Å². The van der Waals surface area contributed by atoms with Crippen LogP contribution >= 0.6 is 0 Å². The fourth-order valence-electron chi connectivity index (χ4n) is 4.72. The van der Waals surface area contributed by atoms with Crippen LogP contribution < -0.4 is 0 Å². The van der Waals surface area contributed by atoms with Gasteiger partial charge in [-0.2, -0.15) is 0 Å². The summed E-state index contributed by atoms with van der Waals surface area (Å²) in [4.78, 5) is 25.6. The van der Waals surface area contributed by atoms with Crippen LogP contribution in [0, 0.1) is 11.6 Å². The summed E-state index contributed by atoms with van der Waals surface area (Å²) in [7, 11) is 0. The first-order valence-electron chi connectivity index (χ1n) is 10.4. The fraction of sp³-hybridized carbons (Fsp3) is 0.333. The van der Waals surface area contributed by atoms with Crippen LogP contribution in [0.2, 0.25) is 0 Å². The number of carbonyl (C=O) groups is 2. The number of benzene rings is 2. The first-order chi connectivity index (χ1) is 14.8. The molecule has 0 saturated carbocycles. The van der Waals surface area contributed by atoms with Gasteiger partial charge < -0.3 is 14.6 Å². The van der Waals surface area contributed by atoms with E-state index in [-0.39, 0.29) is 30.1 Å². The van der Waals surface area contributed by atoms with E-state index in [0.29, 0.717) is 48.7 Å². The van der Waals surface area contributed by atoms with Crippen LogP contribution in [-0.4, -0.2) is 39.0 Å². The lowest BCUT2D eigenvalue weighted by atomic mass is 9.90. The molecule has 0 aliphatic heterocycles. The molecular formula is C24H24F2N2O3. The molecule has 31 heavy (non-hydrogen) atoms. The Kier molecular flexibility index (Phi) is 5.76. The van der Waals surface area contributed by atoms with Gasteiger partial charge in [0.2, 0.25) is 5.91 Å². The van der Waals surface area contributed by atoms with Crippen molar-refractivity contribution in [1.82, 2.24) is 9.47 Å². The van der Waals surface area contributed by atoms with Crippen molar-refractivity contribution in [1.29, 1.82) is 0 Å². The summed E-state index contributed by atoms with van der Waals surface area (Å²) in [5.41, 5.74) is 3.03. The molecule has 1 aromatic heterocycles. The zero-order valence-electron chi connectivity index (χ0n) is 17.3. The van der Waals surface area contributed by atoms with Gasteiger partial charge >= 0.3 is 5.97 Å². The van der Waals surface area contributed by atoms with Crippen molar-refractivity contribution in [2.24, 2.45) is 0 Å². The van der Waals surface area contributed by atoms with Crippen LogP contribution in [0.1, 0.15) is 30.2 Å². The summed E-state index contributed by atoms with van der Waals surface area (Å²) >= 11 is 0. The highest BCUT2D eigenvalue weighted by Crippen LogP contribution is 2.34. The number of fused-ring (bicyclic) bond motifs is 3. The topological polar surface area (TPSA) is 62.5 Å². The Bertz CT molecular complexity index is 1160. The fourth-order valence-corrected chi connectivity index (χ4v) is 4.72.